The van der Waals surface area contributed by atoms with Crippen LogP contribution in [-0.2, 0) is 47.9 Å². The van der Waals surface area contributed by atoms with Crippen molar-refractivity contribution < 1.29 is 47.9 Å². The molecule has 9 N–H and O–H groups in total. The number of carbonyl (C=O) groups excluding carboxylic acids is 10. The summed E-state index contributed by atoms with van der Waals surface area (Å²) >= 11 is 0. The third kappa shape index (κ3) is 28.0. The first-order valence-corrected chi connectivity index (χ1v) is 30.2. The van der Waals surface area contributed by atoms with Gasteiger partial charge in [0.2, 0.25) is 59.1 Å². The first kappa shape index (κ1) is 73.7. The summed E-state index contributed by atoms with van der Waals surface area (Å²) in [5.74, 6) is -5.47. The lowest BCUT2D eigenvalue weighted by Gasteiger charge is -2.34. The summed E-state index contributed by atoms with van der Waals surface area (Å²) in [6.45, 7) is 29.3. The van der Waals surface area contributed by atoms with E-state index in [2.05, 4.69) is 61.7 Å². The Labute approximate surface area is 486 Å². The van der Waals surface area contributed by atoms with Crippen molar-refractivity contribution in [1.82, 2.24) is 57.7 Å². The van der Waals surface area contributed by atoms with Gasteiger partial charge in [-0.2, -0.15) is 0 Å². The van der Waals surface area contributed by atoms with Crippen LogP contribution in [0.5, 0.6) is 0 Å². The smallest absolute Gasteiger partial charge is 0.246 e. The van der Waals surface area contributed by atoms with Gasteiger partial charge in [-0.15, -0.1) is 0 Å². The molecule has 1 fully saturated rings. The second-order valence-corrected chi connectivity index (χ2v) is 26.3. The van der Waals surface area contributed by atoms with Crippen molar-refractivity contribution in [3.05, 3.63) is 0 Å². The van der Waals surface area contributed by atoms with Crippen LogP contribution in [-0.4, -0.2) is 155 Å². The minimum Gasteiger partial charge on any atom is -0.354 e. The van der Waals surface area contributed by atoms with Gasteiger partial charge in [0, 0.05) is 38.0 Å². The monoisotopic (exact) mass is 1150 g/mol. The number of carbonyl (C=O) groups is 10. The predicted molar refractivity (Wildman–Crippen MR) is 318 cm³/mol. The summed E-state index contributed by atoms with van der Waals surface area (Å²) in [4.78, 5) is 141. The quantitative estimate of drug-likeness (QED) is 0.0370. The molecular weight excluding hydrogens is 1030 g/mol. The molecule has 466 valence electrons. The number of hydrogen-bond acceptors (Lipinski definition) is 11. The molecule has 1 aliphatic heterocycles. The highest BCUT2D eigenvalue weighted by Crippen LogP contribution is 2.21. The minimum absolute atomic E-state index is 0.0166. The van der Waals surface area contributed by atoms with Crippen LogP contribution in [0.4, 0.5) is 0 Å². The molecule has 1 rings (SSSR count). The van der Waals surface area contributed by atoms with E-state index < -0.39 is 99.6 Å². The van der Waals surface area contributed by atoms with Crippen molar-refractivity contribution in [2.24, 2.45) is 17.8 Å². The van der Waals surface area contributed by atoms with Gasteiger partial charge in [0.1, 0.15) is 46.8 Å². The lowest BCUT2D eigenvalue weighted by Crippen LogP contribution is -2.65. The Balaban J connectivity index is 3.25. The maximum Gasteiger partial charge on any atom is 0.246 e. The van der Waals surface area contributed by atoms with Crippen molar-refractivity contribution in [1.29, 1.82) is 0 Å². The zero-order valence-corrected chi connectivity index (χ0v) is 53.2. The average Bonchev–Trinajstić information content (AvgIpc) is 3.83. The number of nitrogens with one attached hydrogen (secondary N) is 9. The molecule has 21 heteroatoms. The van der Waals surface area contributed by atoms with Crippen molar-refractivity contribution in [3.8, 4) is 0 Å². The lowest BCUT2D eigenvalue weighted by atomic mass is 9.96. The minimum atomic E-state index is -1.62. The Hall–Kier alpha value is -5.34. The predicted octanol–water partition coefficient (Wildman–Crippen LogP) is 5.03. The number of nitrogens with zero attached hydrogens (tertiary/aromatic N) is 2. The highest BCUT2D eigenvalue weighted by molar-refractivity contribution is 6.00. The maximum absolute atomic E-state index is 14.3. The number of unbranched alkanes of at least 4 members (excludes halogenated alkanes) is 7. The van der Waals surface area contributed by atoms with E-state index in [0.29, 0.717) is 45.2 Å². The van der Waals surface area contributed by atoms with E-state index in [4.69, 9.17) is 0 Å². The molecule has 0 aromatic carbocycles. The van der Waals surface area contributed by atoms with Crippen LogP contribution in [0.2, 0.25) is 0 Å². The van der Waals surface area contributed by atoms with Crippen molar-refractivity contribution in [2.75, 3.05) is 33.7 Å². The standard InChI is InChI=1S/C60H111N11O10/c1-19-21-23-24-25-27-29-42(62-53(78)46-30-28-34-71(46)48(73)31-26-22-20-2)49(74)63-44(36-40(5)6)51(76)67-59(13,14)55(80)65-43(35-39(3)4)50(75)64-45(37-41(7)8)52(77)68-60(15,16)56(81)69-58(11,12)54(79)61-33-32-47(72)66-57(9,10)38-70(17)18/h39-46H,19-38H2,1-18H3,(H,61,79)(H,62,78)(H,63,74)(H,64,75)(H,65,80)(H,66,72)(H,67,76)(H,68,77)(H,69,81)/t42-,43-,44-,45-,46-/m0/s1. The molecule has 0 saturated carbocycles. The van der Waals surface area contributed by atoms with E-state index in [9.17, 15) is 47.9 Å². The summed E-state index contributed by atoms with van der Waals surface area (Å²) in [5, 5.41) is 25.3. The fourth-order valence-electron chi connectivity index (χ4n) is 9.85. The summed E-state index contributed by atoms with van der Waals surface area (Å²) in [5.41, 5.74) is -5.14. The fraction of sp³-hybridized carbons (Fsp3) is 0.833. The fourth-order valence-corrected chi connectivity index (χ4v) is 9.85. The van der Waals surface area contributed by atoms with Gasteiger partial charge in [-0.05, 0) is 132 Å². The molecule has 0 spiro atoms. The van der Waals surface area contributed by atoms with Gasteiger partial charge in [0.25, 0.3) is 0 Å². The molecule has 5 atom stereocenters. The third-order valence-electron chi connectivity index (χ3n) is 14.2. The number of rotatable bonds is 38. The molecular formula is C60H111N11O10. The average molecular weight is 1150 g/mol. The van der Waals surface area contributed by atoms with E-state index in [1.165, 1.54) is 41.5 Å². The highest BCUT2D eigenvalue weighted by Gasteiger charge is 2.41. The summed E-state index contributed by atoms with van der Waals surface area (Å²) in [7, 11) is 3.81. The number of likely N-dealkylation sites (tertiary alicyclic amines) is 1. The Morgan fingerprint density at radius 3 is 1.47 bits per heavy atom. The van der Waals surface area contributed by atoms with Crippen molar-refractivity contribution in [2.45, 2.75) is 272 Å². The molecule has 0 radical (unpaired) electrons. The third-order valence-corrected chi connectivity index (χ3v) is 14.2. The largest absolute Gasteiger partial charge is 0.354 e. The Bertz CT molecular complexity index is 2070. The van der Waals surface area contributed by atoms with E-state index in [0.717, 1.165) is 51.4 Å². The lowest BCUT2D eigenvalue weighted by molar-refractivity contribution is -0.140. The molecule has 81 heavy (non-hydrogen) atoms. The molecule has 0 aromatic rings. The van der Waals surface area contributed by atoms with Crippen LogP contribution >= 0.6 is 0 Å². The molecule has 0 aliphatic carbocycles. The van der Waals surface area contributed by atoms with Crippen molar-refractivity contribution in [3.63, 3.8) is 0 Å². The molecule has 0 unspecified atom stereocenters. The van der Waals surface area contributed by atoms with Gasteiger partial charge < -0.3 is 57.7 Å². The maximum atomic E-state index is 14.3. The van der Waals surface area contributed by atoms with Crippen LogP contribution in [0.3, 0.4) is 0 Å². The number of likely N-dealkylation sites (N-methyl/N-ethyl adjacent to an activating group) is 1. The van der Waals surface area contributed by atoms with Crippen LogP contribution < -0.4 is 47.9 Å². The first-order chi connectivity index (χ1) is 37.5. The topological polar surface area (TPSA) is 285 Å². The van der Waals surface area contributed by atoms with Gasteiger partial charge in [-0.25, -0.2) is 0 Å². The van der Waals surface area contributed by atoms with Crippen LogP contribution in [0, 0.1) is 17.8 Å². The molecule has 10 amide bonds. The second-order valence-electron chi connectivity index (χ2n) is 26.3. The van der Waals surface area contributed by atoms with E-state index in [1.807, 2.05) is 74.4 Å². The summed E-state index contributed by atoms with van der Waals surface area (Å²) in [6.07, 6.45) is 10.8. The molecule has 1 heterocycles. The zero-order valence-electron chi connectivity index (χ0n) is 53.2. The second kappa shape index (κ2) is 34.9. The summed E-state index contributed by atoms with van der Waals surface area (Å²) in [6, 6.07) is -5.09. The number of hydrogen-bond donors (Lipinski definition) is 9. The number of amides is 10. The Morgan fingerprint density at radius 2 is 0.963 bits per heavy atom. The van der Waals surface area contributed by atoms with Gasteiger partial charge in [0.05, 0.1) is 0 Å². The van der Waals surface area contributed by atoms with E-state index >= 15 is 0 Å². The molecule has 0 aromatic heterocycles. The Morgan fingerprint density at radius 1 is 0.506 bits per heavy atom. The van der Waals surface area contributed by atoms with E-state index in [-0.39, 0.29) is 61.8 Å². The van der Waals surface area contributed by atoms with E-state index in [1.54, 1.807) is 4.90 Å². The first-order valence-electron chi connectivity index (χ1n) is 30.2. The van der Waals surface area contributed by atoms with Gasteiger partial charge in [-0.3, -0.25) is 47.9 Å². The van der Waals surface area contributed by atoms with Crippen LogP contribution in [0.15, 0.2) is 0 Å². The molecule has 21 nitrogen and oxygen atoms in total. The summed E-state index contributed by atoms with van der Waals surface area (Å²) < 4.78 is 0. The Kier molecular flexibility index (Phi) is 31.8. The van der Waals surface area contributed by atoms with Gasteiger partial charge in [0.15, 0.2) is 0 Å². The van der Waals surface area contributed by atoms with Crippen LogP contribution in [0.25, 0.3) is 0 Å². The zero-order chi connectivity index (χ0) is 62.1. The molecule has 0 bridgehead atoms. The highest BCUT2D eigenvalue weighted by atomic mass is 16.2. The van der Waals surface area contributed by atoms with Crippen LogP contribution in [0.1, 0.15) is 220 Å². The molecule has 1 aliphatic rings. The van der Waals surface area contributed by atoms with Gasteiger partial charge in [-0.1, -0.05) is 107 Å². The normalized spacial score (nSPS) is 15.6. The van der Waals surface area contributed by atoms with Gasteiger partial charge >= 0.3 is 0 Å². The molecule has 1 saturated heterocycles. The SMILES string of the molecule is CCCCCCCC[C@H](NC(=O)[C@@H]1CCCN1C(=O)CCCCC)C(=O)N[C@@H](CC(C)C)C(=O)NC(C)(C)C(=O)N[C@@H](CC(C)C)C(=O)N[C@@H](CC(C)C)C(=O)NC(C)(C)C(=O)NC(C)(C)C(=O)NCCC(=O)NC(C)(C)CN(C)C. The van der Waals surface area contributed by atoms with Crippen molar-refractivity contribution >= 4 is 59.1 Å².